The molecule has 150 valence electrons. The summed E-state index contributed by atoms with van der Waals surface area (Å²) >= 11 is 1.34. The van der Waals surface area contributed by atoms with Crippen molar-refractivity contribution in [2.45, 2.75) is 11.8 Å². The fourth-order valence-electron chi connectivity index (χ4n) is 2.65. The molecule has 1 aromatic heterocycles. The molecule has 28 heavy (non-hydrogen) atoms. The second kappa shape index (κ2) is 8.82. The lowest BCUT2D eigenvalue weighted by Gasteiger charge is -2.26. The summed E-state index contributed by atoms with van der Waals surface area (Å²) < 4.78 is 37.8. The fourth-order valence-corrected chi connectivity index (χ4v) is 4.94. The van der Waals surface area contributed by atoms with Gasteiger partial charge in [0.1, 0.15) is 10.6 Å². The molecule has 1 N–H and O–H groups in total. The molecule has 3 rings (SSSR count). The highest BCUT2D eigenvalue weighted by molar-refractivity contribution is 7.89. The zero-order chi connectivity index (χ0) is 20.1. The van der Waals surface area contributed by atoms with Crippen LogP contribution in [-0.4, -0.2) is 57.0 Å². The van der Waals surface area contributed by atoms with E-state index in [1.165, 1.54) is 34.9 Å². The molecule has 0 radical (unpaired) electrons. The van der Waals surface area contributed by atoms with E-state index >= 15 is 0 Å². The molecule has 8 nitrogen and oxygen atoms in total. The Morgan fingerprint density at radius 1 is 1.36 bits per heavy atom. The number of nitrogens with zero attached hydrogens (tertiary/aromatic N) is 2. The molecule has 1 aliphatic rings. The molecule has 0 spiro atoms. The first-order valence-corrected chi connectivity index (χ1v) is 10.9. The Morgan fingerprint density at radius 2 is 2.11 bits per heavy atom. The zero-order valence-electron chi connectivity index (χ0n) is 15.5. The van der Waals surface area contributed by atoms with Crippen molar-refractivity contribution in [3.8, 4) is 5.75 Å². The summed E-state index contributed by atoms with van der Waals surface area (Å²) in [6.45, 7) is 3.15. The Balaban J connectivity index is 1.81. The normalized spacial score (nSPS) is 15.6. The maximum Gasteiger partial charge on any atom is 0.250 e. The van der Waals surface area contributed by atoms with Gasteiger partial charge in [-0.05, 0) is 30.7 Å². The number of thiazole rings is 1. The van der Waals surface area contributed by atoms with Gasteiger partial charge < -0.3 is 9.47 Å². The third-order valence-corrected chi connectivity index (χ3v) is 6.85. The number of benzene rings is 1. The number of aryl methyl sites for hydroxylation is 1. The quantitative estimate of drug-likeness (QED) is 0.715. The number of hydrogen-bond acceptors (Lipinski definition) is 7. The standard InChI is InChI=1S/C18H21N3O5S2/c1-13-12-27-18(19-13)20-17(22)6-4-14-3-5-15(25-2)16(11-14)28(23,24)21-7-9-26-10-8-21/h3-6,11-12H,7-10H2,1-2H3,(H,19,20,22)/b6-4+. The van der Waals surface area contributed by atoms with E-state index in [1.807, 2.05) is 12.3 Å². The second-order valence-corrected chi connectivity index (χ2v) is 8.81. The molecule has 0 saturated carbocycles. The molecule has 1 aliphatic heterocycles. The summed E-state index contributed by atoms with van der Waals surface area (Å²) in [6, 6.07) is 4.77. The minimum Gasteiger partial charge on any atom is -0.495 e. The Morgan fingerprint density at radius 3 is 2.75 bits per heavy atom. The number of nitrogens with one attached hydrogen (secondary N) is 1. The van der Waals surface area contributed by atoms with Gasteiger partial charge in [-0.1, -0.05) is 6.07 Å². The third-order valence-electron chi connectivity index (χ3n) is 4.05. The molecular weight excluding hydrogens is 402 g/mol. The number of aromatic nitrogens is 1. The van der Waals surface area contributed by atoms with Crippen LogP contribution in [0.1, 0.15) is 11.3 Å². The Kier molecular flexibility index (Phi) is 6.45. The van der Waals surface area contributed by atoms with E-state index in [0.29, 0.717) is 37.0 Å². The third kappa shape index (κ3) is 4.76. The summed E-state index contributed by atoms with van der Waals surface area (Å²) in [7, 11) is -2.30. The number of carbonyl (C=O) groups is 1. The number of anilines is 1. The van der Waals surface area contributed by atoms with Gasteiger partial charge >= 0.3 is 0 Å². The second-order valence-electron chi connectivity index (χ2n) is 6.04. The Labute approximate surface area is 167 Å². The highest BCUT2D eigenvalue weighted by atomic mass is 32.2. The van der Waals surface area contributed by atoms with Crippen LogP contribution in [0.25, 0.3) is 6.08 Å². The molecule has 0 bridgehead atoms. The van der Waals surface area contributed by atoms with Gasteiger partial charge in [0.15, 0.2) is 5.13 Å². The molecule has 2 heterocycles. The first kappa shape index (κ1) is 20.5. The fraction of sp³-hybridized carbons (Fsp3) is 0.333. The van der Waals surface area contributed by atoms with E-state index in [9.17, 15) is 13.2 Å². The number of amides is 1. The van der Waals surface area contributed by atoms with E-state index < -0.39 is 10.0 Å². The van der Waals surface area contributed by atoms with Gasteiger partial charge in [0.05, 0.1) is 26.0 Å². The first-order valence-electron chi connectivity index (χ1n) is 8.57. The number of carbonyl (C=O) groups excluding carboxylic acids is 1. The summed E-state index contributed by atoms with van der Waals surface area (Å²) in [4.78, 5) is 16.3. The number of methoxy groups -OCH3 is 1. The summed E-state index contributed by atoms with van der Waals surface area (Å²) in [6.07, 6.45) is 2.89. The van der Waals surface area contributed by atoms with E-state index in [-0.39, 0.29) is 16.6 Å². The van der Waals surface area contributed by atoms with Crippen LogP contribution in [0.3, 0.4) is 0 Å². The lowest BCUT2D eigenvalue weighted by atomic mass is 10.2. The highest BCUT2D eigenvalue weighted by Crippen LogP contribution is 2.29. The van der Waals surface area contributed by atoms with Crippen LogP contribution >= 0.6 is 11.3 Å². The topological polar surface area (TPSA) is 97.8 Å². The number of morpholine rings is 1. The number of ether oxygens (including phenoxy) is 2. The predicted molar refractivity (Wildman–Crippen MR) is 107 cm³/mol. The van der Waals surface area contributed by atoms with Gasteiger partial charge in [-0.2, -0.15) is 4.31 Å². The monoisotopic (exact) mass is 423 g/mol. The summed E-state index contributed by atoms with van der Waals surface area (Å²) in [5.74, 6) is -0.0888. The van der Waals surface area contributed by atoms with Crippen molar-refractivity contribution in [1.82, 2.24) is 9.29 Å². The van der Waals surface area contributed by atoms with Crippen molar-refractivity contribution in [2.24, 2.45) is 0 Å². The van der Waals surface area contributed by atoms with Gasteiger partial charge in [0, 0.05) is 24.5 Å². The molecule has 10 heteroatoms. The van der Waals surface area contributed by atoms with Crippen molar-refractivity contribution in [3.63, 3.8) is 0 Å². The van der Waals surface area contributed by atoms with Crippen molar-refractivity contribution >= 4 is 38.5 Å². The van der Waals surface area contributed by atoms with Crippen molar-refractivity contribution in [1.29, 1.82) is 0 Å². The molecular formula is C18H21N3O5S2. The molecule has 1 fully saturated rings. The van der Waals surface area contributed by atoms with Crippen LogP contribution in [0.5, 0.6) is 5.75 Å². The molecule has 1 aromatic carbocycles. The van der Waals surface area contributed by atoms with Crippen LogP contribution in [0.4, 0.5) is 5.13 Å². The molecule has 2 aromatic rings. The molecule has 0 atom stereocenters. The minimum absolute atomic E-state index is 0.0648. The van der Waals surface area contributed by atoms with Crippen LogP contribution < -0.4 is 10.1 Å². The number of sulfonamides is 1. The van der Waals surface area contributed by atoms with Gasteiger partial charge in [-0.3, -0.25) is 10.1 Å². The zero-order valence-corrected chi connectivity index (χ0v) is 17.2. The van der Waals surface area contributed by atoms with Crippen LogP contribution in [-0.2, 0) is 19.6 Å². The van der Waals surface area contributed by atoms with Gasteiger partial charge in [-0.15, -0.1) is 11.3 Å². The number of hydrogen-bond donors (Lipinski definition) is 1. The first-order chi connectivity index (χ1) is 13.4. The maximum atomic E-state index is 13.0. The maximum absolute atomic E-state index is 13.0. The van der Waals surface area contributed by atoms with Gasteiger partial charge in [0.2, 0.25) is 15.9 Å². The van der Waals surface area contributed by atoms with Crippen LogP contribution in [0, 0.1) is 6.92 Å². The lowest BCUT2D eigenvalue weighted by Crippen LogP contribution is -2.40. The lowest BCUT2D eigenvalue weighted by molar-refractivity contribution is -0.111. The predicted octanol–water partition coefficient (Wildman–Crippen LogP) is 2.13. The smallest absolute Gasteiger partial charge is 0.250 e. The number of rotatable bonds is 6. The average Bonchev–Trinajstić information content (AvgIpc) is 3.11. The van der Waals surface area contributed by atoms with E-state index in [0.717, 1.165) is 5.69 Å². The Hall–Kier alpha value is -2.27. The SMILES string of the molecule is COc1ccc(/C=C/C(=O)Nc2nc(C)cs2)cc1S(=O)(=O)N1CCOCC1. The van der Waals surface area contributed by atoms with Crippen molar-refractivity contribution < 1.29 is 22.7 Å². The minimum atomic E-state index is -3.73. The molecule has 1 amide bonds. The molecule has 1 saturated heterocycles. The van der Waals surface area contributed by atoms with E-state index in [1.54, 1.807) is 18.2 Å². The van der Waals surface area contributed by atoms with Crippen molar-refractivity contribution in [2.75, 3.05) is 38.7 Å². The van der Waals surface area contributed by atoms with Crippen LogP contribution in [0.2, 0.25) is 0 Å². The molecule has 0 unspecified atom stereocenters. The Bertz CT molecular complexity index is 979. The molecule has 0 aliphatic carbocycles. The van der Waals surface area contributed by atoms with Crippen LogP contribution in [0.15, 0.2) is 34.6 Å². The van der Waals surface area contributed by atoms with Gasteiger partial charge in [-0.25, -0.2) is 13.4 Å². The largest absolute Gasteiger partial charge is 0.495 e. The van der Waals surface area contributed by atoms with E-state index in [2.05, 4.69) is 10.3 Å². The van der Waals surface area contributed by atoms with E-state index in [4.69, 9.17) is 9.47 Å². The summed E-state index contributed by atoms with van der Waals surface area (Å²) in [5, 5.41) is 5.02. The van der Waals surface area contributed by atoms with Gasteiger partial charge in [0.25, 0.3) is 0 Å². The highest BCUT2D eigenvalue weighted by Gasteiger charge is 2.29. The average molecular weight is 424 g/mol. The summed E-state index contributed by atoms with van der Waals surface area (Å²) in [5.41, 5.74) is 1.40. The van der Waals surface area contributed by atoms with Crippen molar-refractivity contribution in [3.05, 3.63) is 40.9 Å².